The second-order valence-corrected chi connectivity index (χ2v) is 6.22. The largest absolute Gasteiger partial charge is 0.497 e. The molecule has 2 rings (SSSR count). The summed E-state index contributed by atoms with van der Waals surface area (Å²) in [6.07, 6.45) is 1.39. The fourth-order valence-electron chi connectivity index (χ4n) is 2.33. The summed E-state index contributed by atoms with van der Waals surface area (Å²) in [5.74, 6) is -0.386. The van der Waals surface area contributed by atoms with E-state index in [-0.39, 0.29) is 17.4 Å². The van der Waals surface area contributed by atoms with Gasteiger partial charge in [-0.15, -0.1) is 0 Å². The zero-order valence-electron chi connectivity index (χ0n) is 15.8. The molecular formula is C20H21N3O5. The number of ether oxygens (including phenoxy) is 1. The number of methoxy groups -OCH3 is 1. The van der Waals surface area contributed by atoms with E-state index >= 15 is 0 Å². The SMILES string of the molecule is COc1ccc(C(=O)NC(=Cc2cccc([N+](=O)[O-])c2)C(=O)NC(C)C)cc1. The maximum absolute atomic E-state index is 12.5. The molecule has 0 aliphatic carbocycles. The summed E-state index contributed by atoms with van der Waals surface area (Å²) in [6, 6.07) is 12.0. The van der Waals surface area contributed by atoms with E-state index in [4.69, 9.17) is 4.74 Å². The number of carbonyl (C=O) groups is 2. The van der Waals surface area contributed by atoms with Crippen molar-refractivity contribution in [3.8, 4) is 5.75 Å². The highest BCUT2D eigenvalue weighted by molar-refractivity contribution is 6.05. The number of benzene rings is 2. The third-order valence-corrected chi connectivity index (χ3v) is 3.66. The molecule has 146 valence electrons. The number of hydrogen-bond donors (Lipinski definition) is 2. The summed E-state index contributed by atoms with van der Waals surface area (Å²) >= 11 is 0. The highest BCUT2D eigenvalue weighted by atomic mass is 16.6. The molecule has 0 unspecified atom stereocenters. The molecule has 0 aromatic heterocycles. The Labute approximate surface area is 162 Å². The van der Waals surface area contributed by atoms with Gasteiger partial charge in [0.15, 0.2) is 0 Å². The van der Waals surface area contributed by atoms with Crippen LogP contribution >= 0.6 is 0 Å². The number of nitro groups is 1. The third-order valence-electron chi connectivity index (χ3n) is 3.66. The first kappa shape index (κ1) is 20.6. The number of nitrogens with zero attached hydrogens (tertiary/aromatic N) is 1. The second kappa shape index (κ2) is 9.31. The van der Waals surface area contributed by atoms with Crippen LogP contribution in [0.3, 0.4) is 0 Å². The molecule has 2 aromatic carbocycles. The lowest BCUT2D eigenvalue weighted by molar-refractivity contribution is -0.384. The van der Waals surface area contributed by atoms with Gasteiger partial charge >= 0.3 is 0 Å². The average molecular weight is 383 g/mol. The maximum atomic E-state index is 12.5. The van der Waals surface area contributed by atoms with Gasteiger partial charge in [0.2, 0.25) is 0 Å². The van der Waals surface area contributed by atoms with Crippen molar-refractivity contribution >= 4 is 23.6 Å². The summed E-state index contributed by atoms with van der Waals surface area (Å²) in [5.41, 5.74) is 0.620. The fraction of sp³-hybridized carbons (Fsp3) is 0.200. The lowest BCUT2D eigenvalue weighted by Crippen LogP contribution is -2.38. The highest BCUT2D eigenvalue weighted by Crippen LogP contribution is 2.16. The molecule has 0 heterocycles. The van der Waals surface area contributed by atoms with E-state index in [1.807, 2.05) is 0 Å². The van der Waals surface area contributed by atoms with Crippen molar-refractivity contribution in [1.29, 1.82) is 0 Å². The van der Waals surface area contributed by atoms with Gasteiger partial charge in [0, 0.05) is 23.7 Å². The van der Waals surface area contributed by atoms with Crippen LogP contribution < -0.4 is 15.4 Å². The third kappa shape index (κ3) is 5.66. The van der Waals surface area contributed by atoms with E-state index in [0.29, 0.717) is 16.9 Å². The molecule has 2 amide bonds. The normalized spacial score (nSPS) is 11.1. The molecule has 0 radical (unpaired) electrons. The van der Waals surface area contributed by atoms with Crippen LogP contribution in [0.25, 0.3) is 6.08 Å². The van der Waals surface area contributed by atoms with Crippen LogP contribution in [0.4, 0.5) is 5.69 Å². The second-order valence-electron chi connectivity index (χ2n) is 6.22. The minimum absolute atomic E-state index is 0.0185. The molecule has 8 heteroatoms. The molecule has 0 aliphatic heterocycles. The Kier molecular flexibility index (Phi) is 6.86. The summed E-state index contributed by atoms with van der Waals surface area (Å²) in [6.45, 7) is 3.57. The quantitative estimate of drug-likeness (QED) is 0.434. The average Bonchev–Trinajstić information content (AvgIpc) is 2.67. The molecule has 0 atom stereocenters. The van der Waals surface area contributed by atoms with Crippen molar-refractivity contribution < 1.29 is 19.2 Å². The van der Waals surface area contributed by atoms with E-state index in [0.717, 1.165) is 0 Å². The first-order chi connectivity index (χ1) is 13.3. The van der Waals surface area contributed by atoms with Crippen molar-refractivity contribution in [2.75, 3.05) is 7.11 Å². The van der Waals surface area contributed by atoms with Gasteiger partial charge in [0.05, 0.1) is 12.0 Å². The van der Waals surface area contributed by atoms with Gasteiger partial charge in [-0.2, -0.15) is 0 Å². The van der Waals surface area contributed by atoms with Crippen molar-refractivity contribution in [3.63, 3.8) is 0 Å². The predicted octanol–water partition coefficient (Wildman–Crippen LogP) is 2.90. The predicted molar refractivity (Wildman–Crippen MR) is 105 cm³/mol. The van der Waals surface area contributed by atoms with E-state index in [1.54, 1.807) is 44.2 Å². The monoisotopic (exact) mass is 383 g/mol. The molecule has 2 N–H and O–H groups in total. The zero-order chi connectivity index (χ0) is 20.7. The number of nitro benzene ring substituents is 1. The van der Waals surface area contributed by atoms with Crippen LogP contribution in [0.5, 0.6) is 5.75 Å². The molecular weight excluding hydrogens is 362 g/mol. The number of amides is 2. The Morgan fingerprint density at radius 1 is 1.14 bits per heavy atom. The maximum Gasteiger partial charge on any atom is 0.270 e. The van der Waals surface area contributed by atoms with Crippen LogP contribution in [-0.4, -0.2) is 29.9 Å². The first-order valence-electron chi connectivity index (χ1n) is 8.52. The number of hydrogen-bond acceptors (Lipinski definition) is 5. The number of carbonyl (C=O) groups excluding carboxylic acids is 2. The van der Waals surface area contributed by atoms with Gasteiger partial charge < -0.3 is 15.4 Å². The van der Waals surface area contributed by atoms with Gasteiger partial charge in [0.1, 0.15) is 11.4 Å². The van der Waals surface area contributed by atoms with Gasteiger partial charge in [-0.25, -0.2) is 0 Å². The van der Waals surface area contributed by atoms with Crippen LogP contribution in [0.1, 0.15) is 29.8 Å². The molecule has 8 nitrogen and oxygen atoms in total. The minimum atomic E-state index is -0.527. The summed E-state index contributed by atoms with van der Waals surface area (Å²) in [5, 5.41) is 16.2. The molecule has 28 heavy (non-hydrogen) atoms. The lowest BCUT2D eigenvalue weighted by Gasteiger charge is -2.13. The number of non-ortho nitro benzene ring substituents is 1. The van der Waals surface area contributed by atoms with Crippen molar-refractivity contribution in [2.45, 2.75) is 19.9 Å². The van der Waals surface area contributed by atoms with Crippen LogP contribution in [0, 0.1) is 10.1 Å². The molecule has 0 saturated heterocycles. The van der Waals surface area contributed by atoms with Gasteiger partial charge in [-0.05, 0) is 49.8 Å². The Bertz CT molecular complexity index is 904. The molecule has 0 aliphatic rings. The van der Waals surface area contributed by atoms with E-state index in [2.05, 4.69) is 10.6 Å². The summed E-state index contributed by atoms with van der Waals surface area (Å²) in [4.78, 5) is 35.5. The molecule has 0 bridgehead atoms. The minimum Gasteiger partial charge on any atom is -0.497 e. The zero-order valence-corrected chi connectivity index (χ0v) is 15.8. The number of nitrogens with one attached hydrogen (secondary N) is 2. The van der Waals surface area contributed by atoms with Gasteiger partial charge in [-0.1, -0.05) is 12.1 Å². The smallest absolute Gasteiger partial charge is 0.270 e. The van der Waals surface area contributed by atoms with Crippen LogP contribution in [0.2, 0.25) is 0 Å². The van der Waals surface area contributed by atoms with E-state index in [1.165, 1.54) is 31.4 Å². The Morgan fingerprint density at radius 2 is 1.82 bits per heavy atom. The van der Waals surface area contributed by atoms with Crippen molar-refractivity contribution in [3.05, 3.63) is 75.5 Å². The first-order valence-corrected chi connectivity index (χ1v) is 8.52. The van der Waals surface area contributed by atoms with Crippen LogP contribution in [-0.2, 0) is 4.79 Å². The van der Waals surface area contributed by atoms with Gasteiger partial charge in [0.25, 0.3) is 17.5 Å². The standard InChI is InChI=1S/C20H21N3O5/c1-13(2)21-20(25)18(12-14-5-4-6-16(11-14)23(26)27)22-19(24)15-7-9-17(28-3)10-8-15/h4-13H,1-3H3,(H,21,25)(H,22,24). The molecule has 0 saturated carbocycles. The molecule has 0 spiro atoms. The van der Waals surface area contributed by atoms with Crippen molar-refractivity contribution in [1.82, 2.24) is 10.6 Å². The Hall–Kier alpha value is -3.68. The van der Waals surface area contributed by atoms with E-state index < -0.39 is 16.7 Å². The molecule has 2 aromatic rings. The summed E-state index contributed by atoms with van der Waals surface area (Å²) < 4.78 is 5.06. The Morgan fingerprint density at radius 3 is 2.39 bits per heavy atom. The number of rotatable bonds is 7. The lowest BCUT2D eigenvalue weighted by atomic mass is 10.1. The summed E-state index contributed by atoms with van der Waals surface area (Å²) in [7, 11) is 1.52. The fourth-order valence-corrected chi connectivity index (χ4v) is 2.33. The Balaban J connectivity index is 2.33. The highest BCUT2D eigenvalue weighted by Gasteiger charge is 2.16. The van der Waals surface area contributed by atoms with E-state index in [9.17, 15) is 19.7 Å². The van der Waals surface area contributed by atoms with Gasteiger partial charge in [-0.3, -0.25) is 19.7 Å². The topological polar surface area (TPSA) is 111 Å². The molecule has 0 fully saturated rings. The van der Waals surface area contributed by atoms with Crippen LogP contribution in [0.15, 0.2) is 54.2 Å². The van der Waals surface area contributed by atoms with Crippen molar-refractivity contribution in [2.24, 2.45) is 0 Å².